The van der Waals surface area contributed by atoms with E-state index in [4.69, 9.17) is 9.47 Å². The molecule has 8 heteroatoms. The smallest absolute Gasteiger partial charge is 0.285 e. The second-order valence-corrected chi connectivity index (χ2v) is 7.34. The molecule has 0 saturated carbocycles. The lowest BCUT2D eigenvalue weighted by Gasteiger charge is -2.26. The summed E-state index contributed by atoms with van der Waals surface area (Å²) in [7, 11) is 0. The van der Waals surface area contributed by atoms with Crippen LogP contribution in [0.25, 0.3) is 10.6 Å². The van der Waals surface area contributed by atoms with Gasteiger partial charge in [-0.15, -0.1) is 11.3 Å². The lowest BCUT2D eigenvalue weighted by atomic mass is 10.2. The highest BCUT2D eigenvalue weighted by Gasteiger charge is 2.17. The molecule has 1 aliphatic heterocycles. The summed E-state index contributed by atoms with van der Waals surface area (Å²) in [5.41, 5.74) is 4.56. The van der Waals surface area contributed by atoms with Gasteiger partial charge in [-0.05, 0) is 18.2 Å². The minimum atomic E-state index is -0.292. The molecular weight excluding hydrogens is 393 g/mol. The fourth-order valence-corrected chi connectivity index (χ4v) is 3.68. The molecule has 0 atom stereocenters. The number of hydrogen-bond acceptors (Lipinski definition) is 6. The summed E-state index contributed by atoms with van der Waals surface area (Å²) < 4.78 is 24.8. The first-order valence-corrected chi connectivity index (χ1v) is 10.1. The fraction of sp³-hybridized carbons (Fsp3) is 0.238. The number of rotatable bonds is 6. The number of carbonyl (C=O) groups is 1. The number of amides is 1. The van der Waals surface area contributed by atoms with Crippen LogP contribution in [0.1, 0.15) is 16.1 Å². The Hall–Kier alpha value is -2.81. The number of nitrogens with zero attached hydrogens (tertiary/aromatic N) is 2. The summed E-state index contributed by atoms with van der Waals surface area (Å²) in [6, 6.07) is 13.9. The number of benzene rings is 2. The average molecular weight is 413 g/mol. The maximum Gasteiger partial charge on any atom is 0.285 e. The van der Waals surface area contributed by atoms with Crippen molar-refractivity contribution < 1.29 is 18.7 Å². The van der Waals surface area contributed by atoms with Gasteiger partial charge in [0.05, 0.1) is 13.2 Å². The molecule has 1 N–H and O–H groups in total. The monoisotopic (exact) mass is 413 g/mol. The molecule has 1 aliphatic rings. The molecule has 1 aromatic heterocycles. The van der Waals surface area contributed by atoms with Crippen LogP contribution in [0.3, 0.4) is 0 Å². The van der Waals surface area contributed by atoms with E-state index in [2.05, 4.69) is 10.4 Å². The molecule has 2 heterocycles. The quantitative estimate of drug-likeness (QED) is 0.670. The number of thiazole rings is 1. The van der Waals surface area contributed by atoms with Gasteiger partial charge >= 0.3 is 0 Å². The summed E-state index contributed by atoms with van der Waals surface area (Å²) in [4.78, 5) is 16.9. The van der Waals surface area contributed by atoms with Crippen molar-refractivity contribution in [3.8, 4) is 16.3 Å². The molecule has 0 radical (unpaired) electrons. The lowest BCUT2D eigenvalue weighted by Crippen LogP contribution is -2.48. The van der Waals surface area contributed by atoms with Crippen LogP contribution >= 0.6 is 11.3 Å². The van der Waals surface area contributed by atoms with E-state index in [1.807, 2.05) is 29.3 Å². The molecule has 1 fully saturated rings. The zero-order valence-electron chi connectivity index (χ0n) is 15.6. The molecule has 29 heavy (non-hydrogen) atoms. The van der Waals surface area contributed by atoms with Crippen LogP contribution in [0.2, 0.25) is 0 Å². The average Bonchev–Trinajstić information content (AvgIpc) is 3.25. The molecule has 1 saturated heterocycles. The Labute approximate surface area is 171 Å². The number of hydrogen-bond donors (Lipinski definition) is 1. The van der Waals surface area contributed by atoms with Crippen molar-refractivity contribution in [3.05, 3.63) is 71.0 Å². The van der Waals surface area contributed by atoms with Crippen molar-refractivity contribution in [1.82, 2.24) is 15.4 Å². The lowest BCUT2D eigenvalue weighted by molar-refractivity contribution is 0.0125. The van der Waals surface area contributed by atoms with E-state index < -0.39 is 0 Å². The number of carbonyl (C=O) groups excluding carboxylic acids is 1. The zero-order chi connectivity index (χ0) is 20.1. The third kappa shape index (κ3) is 4.97. The maximum absolute atomic E-state index is 13.7. The molecule has 3 aromatic rings. The third-order valence-electron chi connectivity index (χ3n) is 4.44. The SMILES string of the molecule is O=C(NN1CCOCC1)c1csc(-c2cccc(OCc3ccccc3F)c2)n1. The molecule has 4 rings (SSSR count). The molecule has 0 unspecified atom stereocenters. The number of ether oxygens (including phenoxy) is 2. The Morgan fingerprint density at radius 2 is 2.03 bits per heavy atom. The van der Waals surface area contributed by atoms with E-state index in [-0.39, 0.29) is 18.3 Å². The summed E-state index contributed by atoms with van der Waals surface area (Å²) in [6.45, 7) is 2.65. The summed E-state index contributed by atoms with van der Waals surface area (Å²) in [5.74, 6) is 0.0844. The molecule has 0 spiro atoms. The minimum Gasteiger partial charge on any atom is -0.489 e. The molecule has 150 valence electrons. The molecule has 6 nitrogen and oxygen atoms in total. The Bertz CT molecular complexity index is 989. The standard InChI is InChI=1S/C21H20FN3O3S/c22-18-7-2-1-4-16(18)13-28-17-6-3-5-15(12-17)21-23-19(14-29-21)20(26)24-25-8-10-27-11-9-25/h1-7,12,14H,8-11,13H2,(H,24,26). The number of morpholine rings is 1. The second-order valence-electron chi connectivity index (χ2n) is 6.49. The van der Waals surface area contributed by atoms with Crippen LogP contribution in [0, 0.1) is 5.82 Å². The van der Waals surface area contributed by atoms with Crippen LogP contribution < -0.4 is 10.2 Å². The van der Waals surface area contributed by atoms with Crippen molar-refractivity contribution in [1.29, 1.82) is 0 Å². The number of hydrazine groups is 1. The number of aromatic nitrogens is 1. The van der Waals surface area contributed by atoms with Gasteiger partial charge in [-0.3, -0.25) is 10.2 Å². The van der Waals surface area contributed by atoms with Gasteiger partial charge in [-0.25, -0.2) is 14.4 Å². The molecule has 0 aliphatic carbocycles. The highest BCUT2D eigenvalue weighted by atomic mass is 32.1. The van der Waals surface area contributed by atoms with Crippen molar-refractivity contribution >= 4 is 17.2 Å². The zero-order valence-corrected chi connectivity index (χ0v) is 16.5. The van der Waals surface area contributed by atoms with Gasteiger partial charge in [0.15, 0.2) is 0 Å². The third-order valence-corrected chi connectivity index (χ3v) is 5.33. The van der Waals surface area contributed by atoms with Crippen LogP contribution in [-0.4, -0.2) is 42.2 Å². The highest BCUT2D eigenvalue weighted by molar-refractivity contribution is 7.13. The predicted molar refractivity (Wildman–Crippen MR) is 108 cm³/mol. The van der Waals surface area contributed by atoms with E-state index in [9.17, 15) is 9.18 Å². The molecule has 2 aromatic carbocycles. The van der Waals surface area contributed by atoms with Gasteiger partial charge in [0.2, 0.25) is 0 Å². The van der Waals surface area contributed by atoms with Gasteiger partial charge < -0.3 is 9.47 Å². The first-order valence-electron chi connectivity index (χ1n) is 9.25. The van der Waals surface area contributed by atoms with Crippen LogP contribution in [-0.2, 0) is 11.3 Å². The van der Waals surface area contributed by atoms with Crippen LogP contribution in [0.15, 0.2) is 53.9 Å². The number of halogens is 1. The van der Waals surface area contributed by atoms with Gasteiger partial charge in [-0.2, -0.15) is 0 Å². The van der Waals surface area contributed by atoms with E-state index in [1.54, 1.807) is 23.6 Å². The van der Waals surface area contributed by atoms with Crippen LogP contribution in [0.4, 0.5) is 4.39 Å². The van der Waals surface area contributed by atoms with E-state index in [1.165, 1.54) is 17.4 Å². The topological polar surface area (TPSA) is 63.7 Å². The van der Waals surface area contributed by atoms with E-state index in [0.717, 1.165) is 5.56 Å². The first kappa shape index (κ1) is 19.5. The highest BCUT2D eigenvalue weighted by Crippen LogP contribution is 2.27. The Morgan fingerprint density at radius 1 is 1.21 bits per heavy atom. The van der Waals surface area contributed by atoms with Gasteiger partial charge in [0, 0.05) is 29.6 Å². The normalized spacial score (nSPS) is 14.5. The van der Waals surface area contributed by atoms with Crippen molar-refractivity contribution in [2.45, 2.75) is 6.61 Å². The van der Waals surface area contributed by atoms with Gasteiger partial charge in [0.25, 0.3) is 5.91 Å². The van der Waals surface area contributed by atoms with Crippen molar-refractivity contribution in [2.75, 3.05) is 26.3 Å². The number of nitrogens with one attached hydrogen (secondary N) is 1. The van der Waals surface area contributed by atoms with Crippen molar-refractivity contribution in [2.24, 2.45) is 0 Å². The Balaban J connectivity index is 1.42. The summed E-state index contributed by atoms with van der Waals surface area (Å²) in [5, 5.41) is 4.29. The molecule has 0 bridgehead atoms. The van der Waals surface area contributed by atoms with E-state index in [0.29, 0.717) is 48.3 Å². The largest absolute Gasteiger partial charge is 0.489 e. The Kier molecular flexibility index (Phi) is 6.14. The summed E-state index contributed by atoms with van der Waals surface area (Å²) in [6.07, 6.45) is 0. The predicted octanol–water partition coefficient (Wildman–Crippen LogP) is 3.51. The first-order chi connectivity index (χ1) is 14.2. The van der Waals surface area contributed by atoms with Gasteiger partial charge in [0.1, 0.15) is 28.9 Å². The molecular formula is C21H20FN3O3S. The van der Waals surface area contributed by atoms with Gasteiger partial charge in [-0.1, -0.05) is 30.3 Å². The fourth-order valence-electron chi connectivity index (χ4n) is 2.88. The van der Waals surface area contributed by atoms with Crippen LogP contribution in [0.5, 0.6) is 5.75 Å². The van der Waals surface area contributed by atoms with Crippen molar-refractivity contribution in [3.63, 3.8) is 0 Å². The Morgan fingerprint density at radius 3 is 2.86 bits per heavy atom. The van der Waals surface area contributed by atoms with E-state index >= 15 is 0 Å². The minimum absolute atomic E-state index is 0.140. The molecule has 1 amide bonds. The summed E-state index contributed by atoms with van der Waals surface area (Å²) >= 11 is 1.39. The maximum atomic E-state index is 13.7. The second kappa shape index (κ2) is 9.13.